The lowest BCUT2D eigenvalue weighted by Crippen LogP contribution is -2.12. The molecule has 0 atom stereocenters. The molecule has 1 aromatic carbocycles. The first-order chi connectivity index (χ1) is 11.2. The van der Waals surface area contributed by atoms with Crippen LogP contribution < -0.4 is 5.32 Å². The van der Waals surface area contributed by atoms with Crippen molar-refractivity contribution in [2.45, 2.75) is 23.4 Å². The van der Waals surface area contributed by atoms with Gasteiger partial charge >= 0.3 is 0 Å². The van der Waals surface area contributed by atoms with Gasteiger partial charge in [0.15, 0.2) is 5.16 Å². The summed E-state index contributed by atoms with van der Waals surface area (Å²) in [6.07, 6.45) is 4.37. The van der Waals surface area contributed by atoms with E-state index in [2.05, 4.69) is 19.9 Å². The van der Waals surface area contributed by atoms with Crippen LogP contribution in [0.2, 0.25) is 0 Å². The van der Waals surface area contributed by atoms with E-state index in [1.165, 1.54) is 0 Å². The Bertz CT molecular complexity index is 809. The zero-order chi connectivity index (χ0) is 16.2. The van der Waals surface area contributed by atoms with Crippen LogP contribution in [-0.4, -0.2) is 25.0 Å². The van der Waals surface area contributed by atoms with Crippen molar-refractivity contribution in [3.63, 3.8) is 0 Å². The number of hydrogen-bond acceptors (Lipinski definition) is 6. The molecule has 2 heterocycles. The summed E-state index contributed by atoms with van der Waals surface area (Å²) in [5, 5.41) is 7.76. The fraction of sp³-hybridized carbons (Fsp3) is 0.200. The molecule has 0 radical (unpaired) electrons. The Hall–Kier alpha value is -2.19. The zero-order valence-corrected chi connectivity index (χ0v) is 14.3. The molecule has 1 amide bonds. The van der Waals surface area contributed by atoms with Crippen molar-refractivity contribution in [1.29, 1.82) is 0 Å². The number of imidazole rings is 1. The van der Waals surface area contributed by atoms with E-state index in [9.17, 15) is 4.79 Å². The Morgan fingerprint density at radius 3 is 2.78 bits per heavy atom. The molecule has 0 spiro atoms. The van der Waals surface area contributed by atoms with Crippen LogP contribution in [0.4, 0.5) is 5.69 Å². The minimum atomic E-state index is -0.165. The highest BCUT2D eigenvalue weighted by molar-refractivity contribution is 7.99. The predicted molar refractivity (Wildman–Crippen MR) is 91.0 cm³/mol. The van der Waals surface area contributed by atoms with Gasteiger partial charge in [-0.05, 0) is 42.2 Å². The number of aromatic nitrogens is 4. The van der Waals surface area contributed by atoms with E-state index < -0.39 is 0 Å². The summed E-state index contributed by atoms with van der Waals surface area (Å²) in [5.41, 5.74) is 1.48. The fourth-order valence-electron chi connectivity index (χ4n) is 1.96. The molecule has 8 heteroatoms. The van der Waals surface area contributed by atoms with E-state index >= 15 is 0 Å². The van der Waals surface area contributed by atoms with Crippen LogP contribution in [0.25, 0.3) is 0 Å². The molecular formula is C15H15N5OS2. The Morgan fingerprint density at radius 1 is 1.35 bits per heavy atom. The molecule has 0 saturated carbocycles. The van der Waals surface area contributed by atoms with Gasteiger partial charge in [0.2, 0.25) is 0 Å². The van der Waals surface area contributed by atoms with E-state index in [1.54, 1.807) is 18.0 Å². The average molecular weight is 345 g/mol. The molecule has 23 heavy (non-hydrogen) atoms. The first-order valence-electron chi connectivity index (χ1n) is 7.05. The van der Waals surface area contributed by atoms with Gasteiger partial charge in [0.25, 0.3) is 5.91 Å². The molecule has 0 bridgehead atoms. The van der Waals surface area contributed by atoms with E-state index in [-0.39, 0.29) is 5.91 Å². The van der Waals surface area contributed by atoms with E-state index in [4.69, 9.17) is 0 Å². The molecule has 3 rings (SSSR count). The standard InChI is InChI=1S/C15H15N5OS2/c1-3-12-13(23-19-18-12)14(21)17-10-4-6-11(7-5-10)22-15-16-8-9-20(15)2/h4-9H,3H2,1-2H3,(H,17,21). The molecule has 0 fully saturated rings. The molecule has 118 valence electrons. The third-order valence-corrected chi connectivity index (χ3v) is 5.05. The maximum Gasteiger partial charge on any atom is 0.269 e. The van der Waals surface area contributed by atoms with Crippen molar-refractivity contribution >= 4 is 34.9 Å². The first kappa shape index (κ1) is 15.7. The number of nitrogens with one attached hydrogen (secondary N) is 1. The Morgan fingerprint density at radius 2 is 2.13 bits per heavy atom. The van der Waals surface area contributed by atoms with Gasteiger partial charge in [-0.25, -0.2) is 4.98 Å². The highest BCUT2D eigenvalue weighted by atomic mass is 32.2. The van der Waals surface area contributed by atoms with Crippen LogP contribution in [0.3, 0.4) is 0 Å². The van der Waals surface area contributed by atoms with Crippen LogP contribution in [0.5, 0.6) is 0 Å². The van der Waals surface area contributed by atoms with E-state index in [0.29, 0.717) is 11.3 Å². The Kier molecular flexibility index (Phi) is 4.73. The number of amides is 1. The fourth-order valence-corrected chi connectivity index (χ4v) is 3.41. The number of carbonyl (C=O) groups is 1. The monoisotopic (exact) mass is 345 g/mol. The highest BCUT2D eigenvalue weighted by Gasteiger charge is 2.15. The topological polar surface area (TPSA) is 72.7 Å². The number of benzene rings is 1. The average Bonchev–Trinajstić information content (AvgIpc) is 3.18. The smallest absolute Gasteiger partial charge is 0.269 e. The molecule has 3 aromatic rings. The lowest BCUT2D eigenvalue weighted by molar-refractivity contribution is 0.102. The second kappa shape index (κ2) is 6.93. The summed E-state index contributed by atoms with van der Waals surface area (Å²) >= 11 is 2.69. The van der Waals surface area contributed by atoms with Crippen molar-refractivity contribution in [2.24, 2.45) is 7.05 Å². The van der Waals surface area contributed by atoms with Crippen molar-refractivity contribution in [3.8, 4) is 0 Å². The lowest BCUT2D eigenvalue weighted by Gasteiger charge is -2.06. The van der Waals surface area contributed by atoms with Gasteiger partial charge < -0.3 is 9.88 Å². The number of aryl methyl sites for hydroxylation is 2. The van der Waals surface area contributed by atoms with Gasteiger partial charge in [-0.2, -0.15) is 0 Å². The van der Waals surface area contributed by atoms with E-state index in [1.807, 2.05) is 49.0 Å². The number of carbonyl (C=O) groups excluding carboxylic acids is 1. The zero-order valence-electron chi connectivity index (χ0n) is 12.7. The normalized spacial score (nSPS) is 10.7. The van der Waals surface area contributed by atoms with Gasteiger partial charge in [0.05, 0.1) is 5.69 Å². The van der Waals surface area contributed by atoms with Gasteiger partial charge in [0, 0.05) is 30.0 Å². The van der Waals surface area contributed by atoms with Gasteiger partial charge in [-0.15, -0.1) is 5.10 Å². The van der Waals surface area contributed by atoms with Crippen molar-refractivity contribution < 1.29 is 4.79 Å². The lowest BCUT2D eigenvalue weighted by atomic mass is 10.2. The minimum absolute atomic E-state index is 0.165. The van der Waals surface area contributed by atoms with Gasteiger partial charge in [-0.3, -0.25) is 4.79 Å². The maximum absolute atomic E-state index is 12.2. The molecule has 6 nitrogen and oxygen atoms in total. The molecule has 2 aromatic heterocycles. The first-order valence-corrected chi connectivity index (χ1v) is 8.64. The van der Waals surface area contributed by atoms with Gasteiger partial charge in [0.1, 0.15) is 4.88 Å². The van der Waals surface area contributed by atoms with Crippen molar-refractivity contribution in [3.05, 3.63) is 47.2 Å². The molecule has 1 N–H and O–H groups in total. The number of hydrogen-bond donors (Lipinski definition) is 1. The largest absolute Gasteiger partial charge is 0.329 e. The third kappa shape index (κ3) is 3.59. The van der Waals surface area contributed by atoms with Crippen LogP contribution >= 0.6 is 23.3 Å². The quantitative estimate of drug-likeness (QED) is 0.768. The highest BCUT2D eigenvalue weighted by Crippen LogP contribution is 2.27. The van der Waals surface area contributed by atoms with Crippen molar-refractivity contribution in [2.75, 3.05) is 5.32 Å². The van der Waals surface area contributed by atoms with Crippen LogP contribution in [0.1, 0.15) is 22.3 Å². The maximum atomic E-state index is 12.2. The summed E-state index contributed by atoms with van der Waals surface area (Å²) in [6, 6.07) is 7.67. The number of anilines is 1. The van der Waals surface area contributed by atoms with Crippen LogP contribution in [0.15, 0.2) is 46.7 Å². The number of rotatable bonds is 5. The minimum Gasteiger partial charge on any atom is -0.329 e. The van der Waals surface area contributed by atoms with E-state index in [0.717, 1.165) is 33.0 Å². The summed E-state index contributed by atoms with van der Waals surface area (Å²) < 4.78 is 5.80. The summed E-state index contributed by atoms with van der Waals surface area (Å²) in [6.45, 7) is 1.96. The predicted octanol–water partition coefficient (Wildman–Crippen LogP) is 3.24. The molecule has 0 saturated heterocycles. The Labute approximate surface area is 142 Å². The molecular weight excluding hydrogens is 330 g/mol. The molecule has 0 aliphatic heterocycles. The second-order valence-electron chi connectivity index (χ2n) is 4.80. The summed E-state index contributed by atoms with van der Waals surface area (Å²) in [7, 11) is 1.96. The Balaban J connectivity index is 1.68. The summed E-state index contributed by atoms with van der Waals surface area (Å²) in [4.78, 5) is 18.1. The summed E-state index contributed by atoms with van der Waals surface area (Å²) in [5.74, 6) is -0.165. The SMILES string of the molecule is CCc1nnsc1C(=O)Nc1ccc(Sc2nccn2C)cc1. The molecule has 0 unspecified atom stereocenters. The van der Waals surface area contributed by atoms with Gasteiger partial charge in [-0.1, -0.05) is 23.2 Å². The molecule has 0 aliphatic rings. The van der Waals surface area contributed by atoms with Crippen molar-refractivity contribution in [1.82, 2.24) is 19.1 Å². The third-order valence-electron chi connectivity index (χ3n) is 3.20. The van der Waals surface area contributed by atoms with Crippen LogP contribution in [0, 0.1) is 0 Å². The molecule has 0 aliphatic carbocycles. The number of nitrogens with zero attached hydrogens (tertiary/aromatic N) is 4. The second-order valence-corrected chi connectivity index (χ2v) is 6.60. The van der Waals surface area contributed by atoms with Crippen LogP contribution in [-0.2, 0) is 13.5 Å².